The van der Waals surface area contributed by atoms with Gasteiger partial charge in [0.25, 0.3) is 0 Å². The van der Waals surface area contributed by atoms with Crippen LogP contribution in [0.5, 0.6) is 5.88 Å². The van der Waals surface area contributed by atoms with Gasteiger partial charge in [-0.3, -0.25) is 0 Å². The van der Waals surface area contributed by atoms with E-state index in [2.05, 4.69) is 10.3 Å². The number of hydrogen-bond donors (Lipinski definition) is 1. The fourth-order valence-electron chi connectivity index (χ4n) is 1.77. The van der Waals surface area contributed by atoms with E-state index in [0.717, 1.165) is 31.6 Å². The van der Waals surface area contributed by atoms with Crippen molar-refractivity contribution in [2.75, 3.05) is 13.2 Å². The maximum absolute atomic E-state index is 12.4. The summed E-state index contributed by atoms with van der Waals surface area (Å²) < 4.78 is 42.5. The van der Waals surface area contributed by atoms with Crippen LogP contribution in [0.2, 0.25) is 5.02 Å². The van der Waals surface area contributed by atoms with Crippen molar-refractivity contribution in [2.45, 2.75) is 25.1 Å². The minimum absolute atomic E-state index is 0.0402. The van der Waals surface area contributed by atoms with Crippen molar-refractivity contribution in [3.8, 4) is 5.88 Å². The Kier molecular flexibility index (Phi) is 3.97. The molecule has 1 unspecified atom stereocenters. The van der Waals surface area contributed by atoms with Gasteiger partial charge in [-0.1, -0.05) is 11.6 Å². The van der Waals surface area contributed by atoms with Crippen LogP contribution in [0.25, 0.3) is 0 Å². The highest BCUT2D eigenvalue weighted by atomic mass is 35.5. The molecule has 0 saturated carbocycles. The number of halogens is 4. The summed E-state index contributed by atoms with van der Waals surface area (Å²) in [7, 11) is 0. The average Bonchev–Trinajstić information content (AvgIpc) is 2.79. The van der Waals surface area contributed by atoms with Gasteiger partial charge in [0.05, 0.1) is 5.56 Å². The van der Waals surface area contributed by atoms with Crippen LogP contribution in [-0.2, 0) is 6.18 Å². The Morgan fingerprint density at radius 1 is 1.50 bits per heavy atom. The van der Waals surface area contributed by atoms with E-state index in [9.17, 15) is 13.2 Å². The number of pyridine rings is 1. The van der Waals surface area contributed by atoms with Gasteiger partial charge in [-0.15, -0.1) is 0 Å². The predicted octanol–water partition coefficient (Wildman–Crippen LogP) is 2.88. The van der Waals surface area contributed by atoms with E-state index in [-0.39, 0.29) is 16.9 Å². The largest absolute Gasteiger partial charge is 0.475 e. The standard InChI is InChI=1S/C11H12ClF3N2O/c12-9-4-7(11(13,14)15)5-17-10(9)18-6-8-2-1-3-16-8/h4-5,8,16H,1-3,6H2. The van der Waals surface area contributed by atoms with Gasteiger partial charge < -0.3 is 10.1 Å². The Balaban J connectivity index is 2.01. The van der Waals surface area contributed by atoms with Gasteiger partial charge >= 0.3 is 6.18 Å². The number of nitrogens with one attached hydrogen (secondary N) is 1. The van der Waals surface area contributed by atoms with E-state index in [1.165, 1.54) is 0 Å². The molecule has 0 amide bonds. The van der Waals surface area contributed by atoms with Crippen LogP contribution in [0.1, 0.15) is 18.4 Å². The van der Waals surface area contributed by atoms with Crippen LogP contribution in [0, 0.1) is 0 Å². The molecule has 0 radical (unpaired) electrons. The van der Waals surface area contributed by atoms with Gasteiger partial charge in [0.1, 0.15) is 11.6 Å². The fraction of sp³-hybridized carbons (Fsp3) is 0.545. The second-order valence-electron chi connectivity index (χ2n) is 4.11. The first-order chi connectivity index (χ1) is 8.47. The lowest BCUT2D eigenvalue weighted by molar-refractivity contribution is -0.137. The first-order valence-electron chi connectivity index (χ1n) is 5.56. The van der Waals surface area contributed by atoms with E-state index >= 15 is 0 Å². The lowest BCUT2D eigenvalue weighted by atomic mass is 10.2. The van der Waals surface area contributed by atoms with Crippen LogP contribution in [0.15, 0.2) is 12.3 Å². The molecule has 7 heteroatoms. The molecule has 100 valence electrons. The number of hydrogen-bond acceptors (Lipinski definition) is 3. The number of alkyl halides is 3. The Morgan fingerprint density at radius 3 is 2.83 bits per heavy atom. The van der Waals surface area contributed by atoms with Crippen molar-refractivity contribution in [1.29, 1.82) is 0 Å². The third kappa shape index (κ3) is 3.26. The first kappa shape index (κ1) is 13.4. The van der Waals surface area contributed by atoms with Crippen molar-refractivity contribution in [1.82, 2.24) is 10.3 Å². The van der Waals surface area contributed by atoms with Gasteiger partial charge in [0, 0.05) is 12.2 Å². The molecule has 3 nitrogen and oxygen atoms in total. The van der Waals surface area contributed by atoms with Crippen LogP contribution < -0.4 is 10.1 Å². The molecule has 18 heavy (non-hydrogen) atoms. The second-order valence-corrected chi connectivity index (χ2v) is 4.52. The van der Waals surface area contributed by atoms with E-state index in [4.69, 9.17) is 16.3 Å². The zero-order chi connectivity index (χ0) is 13.2. The maximum Gasteiger partial charge on any atom is 0.417 e. The molecule has 1 aliphatic heterocycles. The summed E-state index contributed by atoms with van der Waals surface area (Å²) >= 11 is 5.71. The monoisotopic (exact) mass is 280 g/mol. The summed E-state index contributed by atoms with van der Waals surface area (Å²) in [4.78, 5) is 3.60. The Bertz CT molecular complexity index is 419. The summed E-state index contributed by atoms with van der Waals surface area (Å²) in [5.74, 6) is 0.0402. The highest BCUT2D eigenvalue weighted by molar-refractivity contribution is 6.31. The van der Waals surface area contributed by atoms with Crippen molar-refractivity contribution >= 4 is 11.6 Å². The number of ether oxygens (including phenoxy) is 1. The molecule has 2 heterocycles. The quantitative estimate of drug-likeness (QED) is 0.924. The molecule has 1 aromatic heterocycles. The topological polar surface area (TPSA) is 34.1 Å². The SMILES string of the molecule is FC(F)(F)c1cnc(OCC2CCCN2)c(Cl)c1. The number of nitrogens with zero attached hydrogens (tertiary/aromatic N) is 1. The molecular weight excluding hydrogens is 269 g/mol. The van der Waals surface area contributed by atoms with E-state index in [0.29, 0.717) is 6.61 Å². The maximum atomic E-state index is 12.4. The first-order valence-corrected chi connectivity index (χ1v) is 5.93. The van der Waals surface area contributed by atoms with Crippen LogP contribution >= 0.6 is 11.6 Å². The summed E-state index contributed by atoms with van der Waals surface area (Å²) in [6.07, 6.45) is -1.66. The van der Waals surface area contributed by atoms with Crippen molar-refractivity contribution in [2.24, 2.45) is 0 Å². The molecule has 1 saturated heterocycles. The highest BCUT2D eigenvalue weighted by Crippen LogP contribution is 2.33. The average molecular weight is 281 g/mol. The molecule has 2 rings (SSSR count). The molecule has 1 N–H and O–H groups in total. The molecular formula is C11H12ClF3N2O. The smallest absolute Gasteiger partial charge is 0.417 e. The van der Waals surface area contributed by atoms with Crippen molar-refractivity contribution < 1.29 is 17.9 Å². The Labute approximate surface area is 107 Å². The normalized spacial score (nSPS) is 20.1. The lowest BCUT2D eigenvalue weighted by Gasteiger charge is -2.13. The van der Waals surface area contributed by atoms with Crippen LogP contribution in [-0.4, -0.2) is 24.2 Å². The van der Waals surface area contributed by atoms with E-state index in [1.54, 1.807) is 0 Å². The van der Waals surface area contributed by atoms with Crippen LogP contribution in [0.4, 0.5) is 13.2 Å². The zero-order valence-corrected chi connectivity index (χ0v) is 10.2. The summed E-state index contributed by atoms with van der Waals surface area (Å²) in [5.41, 5.74) is -0.876. The van der Waals surface area contributed by atoms with Crippen LogP contribution in [0.3, 0.4) is 0 Å². The minimum Gasteiger partial charge on any atom is -0.475 e. The van der Waals surface area contributed by atoms with Gasteiger partial charge in [0.15, 0.2) is 0 Å². The van der Waals surface area contributed by atoms with E-state index in [1.807, 2.05) is 0 Å². The van der Waals surface area contributed by atoms with Gasteiger partial charge in [-0.25, -0.2) is 4.98 Å². The van der Waals surface area contributed by atoms with Gasteiger partial charge in [0.2, 0.25) is 5.88 Å². The molecule has 0 bridgehead atoms. The van der Waals surface area contributed by atoms with E-state index < -0.39 is 11.7 Å². The molecule has 1 aliphatic rings. The van der Waals surface area contributed by atoms with Crippen molar-refractivity contribution in [3.63, 3.8) is 0 Å². The molecule has 1 fully saturated rings. The predicted molar refractivity (Wildman–Crippen MR) is 60.8 cm³/mol. The lowest BCUT2D eigenvalue weighted by Crippen LogP contribution is -2.28. The summed E-state index contributed by atoms with van der Waals surface area (Å²) in [6.45, 7) is 1.29. The zero-order valence-electron chi connectivity index (χ0n) is 9.43. The fourth-order valence-corrected chi connectivity index (χ4v) is 1.99. The second kappa shape index (κ2) is 5.32. The highest BCUT2D eigenvalue weighted by Gasteiger charge is 2.31. The Hall–Kier alpha value is -1.01. The molecule has 0 aromatic carbocycles. The molecule has 0 aliphatic carbocycles. The van der Waals surface area contributed by atoms with Gasteiger partial charge in [-0.05, 0) is 25.5 Å². The summed E-state index contributed by atoms with van der Waals surface area (Å²) in [6, 6.07) is 1.04. The third-order valence-corrected chi connectivity index (χ3v) is 2.99. The van der Waals surface area contributed by atoms with Gasteiger partial charge in [-0.2, -0.15) is 13.2 Å². The Morgan fingerprint density at radius 2 is 2.28 bits per heavy atom. The number of aromatic nitrogens is 1. The summed E-state index contributed by atoms with van der Waals surface area (Å²) in [5, 5.41) is 3.08. The molecule has 1 atom stereocenters. The molecule has 1 aromatic rings. The molecule has 0 spiro atoms. The number of rotatable bonds is 3. The third-order valence-electron chi connectivity index (χ3n) is 2.72. The minimum atomic E-state index is -4.44. The van der Waals surface area contributed by atoms with Crippen molar-refractivity contribution in [3.05, 3.63) is 22.8 Å².